The van der Waals surface area contributed by atoms with Crippen LogP contribution in [-0.2, 0) is 27.3 Å². The number of esters is 1. The minimum Gasteiger partial charge on any atom is -0.457 e. The molecule has 0 radical (unpaired) electrons. The first-order valence-corrected chi connectivity index (χ1v) is 10.8. The number of fused-ring (bicyclic) bond motifs is 1. The van der Waals surface area contributed by atoms with Crippen LogP contribution in [0.3, 0.4) is 0 Å². The molecule has 0 bridgehead atoms. The van der Waals surface area contributed by atoms with E-state index in [1.165, 1.54) is 4.31 Å². The molecule has 1 aliphatic heterocycles. The fourth-order valence-electron chi connectivity index (χ4n) is 3.11. The lowest BCUT2D eigenvalue weighted by molar-refractivity contribution is 0.0534. The second kappa shape index (κ2) is 9.88. The highest BCUT2D eigenvalue weighted by atomic mass is 35.5. The maximum absolute atomic E-state index is 12.1. The molecular weight excluding hydrogens is 420 g/mol. The minimum absolute atomic E-state index is 0.148. The molecule has 0 fully saturated rings. The van der Waals surface area contributed by atoms with Crippen LogP contribution in [0.15, 0.2) is 12.1 Å². The van der Waals surface area contributed by atoms with Crippen molar-refractivity contribution >= 4 is 34.9 Å². The summed E-state index contributed by atoms with van der Waals surface area (Å²) in [5, 5.41) is 2.70. The van der Waals surface area contributed by atoms with E-state index in [-0.39, 0.29) is 19.8 Å². The third-order valence-electron chi connectivity index (χ3n) is 4.48. The van der Waals surface area contributed by atoms with Gasteiger partial charge < -0.3 is 14.8 Å². The zero-order valence-electron chi connectivity index (χ0n) is 17.0. The van der Waals surface area contributed by atoms with Gasteiger partial charge in [0.1, 0.15) is 13.2 Å². The van der Waals surface area contributed by atoms with E-state index in [0.717, 1.165) is 11.1 Å². The second-order valence-electron chi connectivity index (χ2n) is 7.79. The summed E-state index contributed by atoms with van der Waals surface area (Å²) in [6.07, 6.45) is -0.148. The number of ether oxygens (including phenoxy) is 2. The lowest BCUT2D eigenvalue weighted by Gasteiger charge is -2.30. The third-order valence-corrected chi connectivity index (χ3v) is 5.58. The molecule has 0 aliphatic carbocycles. The monoisotopic (exact) mass is 446 g/mol. The van der Waals surface area contributed by atoms with Gasteiger partial charge in [-0.1, -0.05) is 6.07 Å². The van der Waals surface area contributed by atoms with Gasteiger partial charge >= 0.3 is 12.1 Å². The van der Waals surface area contributed by atoms with Crippen molar-refractivity contribution in [1.29, 1.82) is 0 Å². The van der Waals surface area contributed by atoms with E-state index in [1.807, 2.05) is 27.7 Å². The molecule has 0 spiro atoms. The molecule has 2 atom stereocenters. The molecule has 1 amide bonds. The highest BCUT2D eigenvalue weighted by Crippen LogP contribution is 2.32. The number of benzene rings is 1. The number of hydrogen-bond donors (Lipinski definition) is 2. The van der Waals surface area contributed by atoms with Crippen molar-refractivity contribution in [3.63, 3.8) is 0 Å². The average molecular weight is 447 g/mol. The topological polar surface area (TPSA) is 105 Å². The van der Waals surface area contributed by atoms with Gasteiger partial charge in [0.05, 0.1) is 11.6 Å². The summed E-state index contributed by atoms with van der Waals surface area (Å²) in [6.45, 7) is 7.52. The Balaban J connectivity index is 2.35. The van der Waals surface area contributed by atoms with Crippen molar-refractivity contribution in [3.8, 4) is 0 Å². The van der Waals surface area contributed by atoms with Crippen LogP contribution >= 0.6 is 11.6 Å². The number of amides is 1. The number of nitrogens with zero attached hydrogens (tertiary/aromatic N) is 1. The van der Waals surface area contributed by atoms with Crippen molar-refractivity contribution in [2.24, 2.45) is 0 Å². The average Bonchev–Trinajstić information content (AvgIpc) is 2.99. The Hall–Kier alpha value is -1.68. The summed E-state index contributed by atoms with van der Waals surface area (Å²) in [7, 11) is 0. The summed E-state index contributed by atoms with van der Waals surface area (Å²) in [5.74, 6) is -0.0751. The molecule has 1 aliphatic rings. The van der Waals surface area contributed by atoms with Crippen molar-refractivity contribution in [1.82, 2.24) is 9.62 Å². The van der Waals surface area contributed by atoms with Gasteiger partial charge in [-0.2, -0.15) is 4.31 Å². The van der Waals surface area contributed by atoms with E-state index in [9.17, 15) is 18.4 Å². The number of alkyl carbamates (subject to hydrolysis) is 1. The largest absolute Gasteiger partial charge is 0.457 e. The van der Waals surface area contributed by atoms with Gasteiger partial charge in [-0.3, -0.25) is 4.55 Å². The molecule has 1 heterocycles. The first kappa shape index (κ1) is 23.6. The predicted octanol–water partition coefficient (Wildman–Crippen LogP) is 3.30. The predicted molar refractivity (Wildman–Crippen MR) is 110 cm³/mol. The van der Waals surface area contributed by atoms with Crippen LogP contribution in [0.4, 0.5) is 4.79 Å². The van der Waals surface area contributed by atoms with E-state index in [0.29, 0.717) is 23.4 Å². The van der Waals surface area contributed by atoms with Gasteiger partial charge in [-0.05, 0) is 51.3 Å². The SMILES string of the molecule is Cc1c([C@H](COC(=O)NC(C)(C)C)N(CCCCl)S(=O)O)ccc2c1COC2=O. The quantitative estimate of drug-likeness (QED) is 0.360. The smallest absolute Gasteiger partial charge is 0.407 e. The van der Waals surface area contributed by atoms with Crippen molar-refractivity contribution in [2.75, 3.05) is 19.0 Å². The van der Waals surface area contributed by atoms with E-state index in [2.05, 4.69) is 5.32 Å². The summed E-state index contributed by atoms with van der Waals surface area (Å²) < 4.78 is 33.7. The lowest BCUT2D eigenvalue weighted by atomic mass is 9.94. The zero-order chi connectivity index (χ0) is 21.8. The van der Waals surface area contributed by atoms with Crippen LogP contribution in [-0.4, -0.2) is 49.7 Å². The zero-order valence-corrected chi connectivity index (χ0v) is 18.6. The Morgan fingerprint density at radius 3 is 2.72 bits per heavy atom. The minimum atomic E-state index is -2.32. The van der Waals surface area contributed by atoms with Crippen LogP contribution in [0.25, 0.3) is 0 Å². The molecule has 2 N–H and O–H groups in total. The fraction of sp³-hybridized carbons (Fsp3) is 0.579. The van der Waals surface area contributed by atoms with Crippen molar-refractivity contribution in [2.45, 2.75) is 52.3 Å². The summed E-state index contributed by atoms with van der Waals surface area (Å²) in [4.78, 5) is 24.0. The summed E-state index contributed by atoms with van der Waals surface area (Å²) in [6, 6.07) is 2.64. The Morgan fingerprint density at radius 1 is 1.45 bits per heavy atom. The molecule has 1 aromatic carbocycles. The first-order chi connectivity index (χ1) is 13.5. The maximum atomic E-state index is 12.1. The fourth-order valence-corrected chi connectivity index (χ4v) is 3.91. The van der Waals surface area contributed by atoms with Crippen molar-refractivity contribution in [3.05, 3.63) is 34.4 Å². The number of carbonyl (C=O) groups excluding carboxylic acids is 2. The first-order valence-electron chi connectivity index (χ1n) is 9.23. The maximum Gasteiger partial charge on any atom is 0.407 e. The summed E-state index contributed by atoms with van der Waals surface area (Å²) >= 11 is 3.45. The number of halogens is 1. The summed E-state index contributed by atoms with van der Waals surface area (Å²) in [5.41, 5.74) is 2.18. The van der Waals surface area contributed by atoms with Gasteiger partial charge in [-0.25, -0.2) is 13.8 Å². The Kier molecular flexibility index (Phi) is 8.04. The molecule has 0 aromatic heterocycles. The van der Waals surface area contributed by atoms with Gasteiger partial charge in [0, 0.05) is 23.5 Å². The van der Waals surface area contributed by atoms with Crippen LogP contribution in [0, 0.1) is 6.92 Å². The number of carbonyl (C=O) groups is 2. The molecule has 2 rings (SSSR count). The molecule has 1 unspecified atom stereocenters. The van der Waals surface area contributed by atoms with Gasteiger partial charge in [0.25, 0.3) is 0 Å². The van der Waals surface area contributed by atoms with Crippen LogP contribution in [0.1, 0.15) is 60.3 Å². The van der Waals surface area contributed by atoms with E-state index >= 15 is 0 Å². The van der Waals surface area contributed by atoms with Gasteiger partial charge in [0.2, 0.25) is 11.3 Å². The van der Waals surface area contributed by atoms with Crippen molar-refractivity contribution < 1.29 is 27.8 Å². The number of hydrogen-bond acceptors (Lipinski definition) is 5. The van der Waals surface area contributed by atoms with Crippen LogP contribution in [0.5, 0.6) is 0 Å². The van der Waals surface area contributed by atoms with E-state index in [1.54, 1.807) is 12.1 Å². The molecule has 0 saturated heterocycles. The molecule has 8 nitrogen and oxygen atoms in total. The van der Waals surface area contributed by atoms with Crippen LogP contribution in [0.2, 0.25) is 0 Å². The standard InChI is InChI=1S/C19H27ClN2O6S/c1-12-13(6-7-14-15(12)10-27-17(14)23)16(22(29(25)26)9-5-8-20)11-28-18(24)21-19(2,3)4/h6-7,16H,5,8-11H2,1-4H3,(H,21,24)(H,25,26)/t16-/m0/s1. The Labute approximate surface area is 178 Å². The molecule has 0 saturated carbocycles. The molecular formula is C19H27ClN2O6S. The van der Waals surface area contributed by atoms with E-state index < -0.39 is 34.9 Å². The van der Waals surface area contributed by atoms with Gasteiger partial charge in [-0.15, -0.1) is 11.6 Å². The third kappa shape index (κ3) is 6.15. The second-order valence-corrected chi connectivity index (χ2v) is 9.09. The highest BCUT2D eigenvalue weighted by molar-refractivity contribution is 7.76. The molecule has 162 valence electrons. The lowest BCUT2D eigenvalue weighted by Crippen LogP contribution is -2.42. The van der Waals surface area contributed by atoms with Crippen LogP contribution < -0.4 is 5.32 Å². The normalized spacial score (nSPS) is 15.6. The Bertz CT molecular complexity index is 796. The number of nitrogens with one attached hydrogen (secondary N) is 1. The number of cyclic esters (lactones) is 1. The molecule has 29 heavy (non-hydrogen) atoms. The Morgan fingerprint density at radius 2 is 2.14 bits per heavy atom. The number of alkyl halides is 1. The highest BCUT2D eigenvalue weighted by Gasteiger charge is 2.31. The molecule has 10 heteroatoms. The van der Waals surface area contributed by atoms with Gasteiger partial charge in [0.15, 0.2) is 0 Å². The van der Waals surface area contributed by atoms with E-state index in [4.69, 9.17) is 21.1 Å². The molecule has 1 aromatic rings. The number of rotatable bonds is 8.